The molecule has 0 radical (unpaired) electrons. The van der Waals surface area contributed by atoms with E-state index in [2.05, 4.69) is 49.2 Å². The van der Waals surface area contributed by atoms with Gasteiger partial charge < -0.3 is 9.47 Å². The number of benzene rings is 4. The van der Waals surface area contributed by atoms with Gasteiger partial charge >= 0.3 is 0 Å². The van der Waals surface area contributed by atoms with Gasteiger partial charge in [-0.15, -0.1) is 0 Å². The molecule has 0 aliphatic rings. The molecule has 0 N–H and O–H groups in total. The zero-order valence-corrected chi connectivity index (χ0v) is 22.8. The fourth-order valence-corrected chi connectivity index (χ4v) is 4.13. The van der Waals surface area contributed by atoms with Crippen LogP contribution >= 0.6 is 0 Å². The van der Waals surface area contributed by atoms with Crippen LogP contribution in [-0.2, 0) is 6.42 Å². The monoisotopic (exact) mass is 516 g/mol. The Morgan fingerprint density at radius 1 is 0.744 bits per heavy atom. The van der Waals surface area contributed by atoms with Crippen molar-refractivity contribution in [3.63, 3.8) is 0 Å². The SMILES string of the molecule is CC[C@@H](C)Cc1ccc(/N=C/c2ccc(OCCCCOc3ccc(-c4ccc(C#N)cc4)cc3)cc2)cc1. The molecule has 0 saturated carbocycles. The van der Waals surface area contributed by atoms with E-state index in [0.29, 0.717) is 24.7 Å². The van der Waals surface area contributed by atoms with Gasteiger partial charge in [0.2, 0.25) is 0 Å². The summed E-state index contributed by atoms with van der Waals surface area (Å²) in [4.78, 5) is 4.60. The third-order valence-corrected chi connectivity index (χ3v) is 6.74. The maximum atomic E-state index is 8.94. The zero-order chi connectivity index (χ0) is 27.3. The lowest BCUT2D eigenvalue weighted by molar-refractivity contribution is 0.266. The molecule has 0 heterocycles. The minimum absolute atomic E-state index is 0.646. The molecule has 4 nitrogen and oxygen atoms in total. The summed E-state index contributed by atoms with van der Waals surface area (Å²) in [5, 5.41) is 8.94. The van der Waals surface area contributed by atoms with Crippen LogP contribution < -0.4 is 9.47 Å². The first-order valence-corrected chi connectivity index (χ1v) is 13.7. The fraction of sp³-hybridized carbons (Fsp3) is 0.257. The number of nitrogens with zero attached hydrogens (tertiary/aromatic N) is 2. The highest BCUT2D eigenvalue weighted by Gasteiger charge is 2.02. The lowest BCUT2D eigenvalue weighted by Gasteiger charge is -2.09. The third kappa shape index (κ3) is 8.86. The van der Waals surface area contributed by atoms with Gasteiger partial charge in [-0.2, -0.15) is 5.26 Å². The second kappa shape index (κ2) is 14.5. The van der Waals surface area contributed by atoms with Crippen LogP contribution in [0.5, 0.6) is 11.5 Å². The van der Waals surface area contributed by atoms with Crippen LogP contribution in [-0.4, -0.2) is 19.4 Å². The van der Waals surface area contributed by atoms with Crippen molar-refractivity contribution in [1.82, 2.24) is 0 Å². The van der Waals surface area contributed by atoms with Gasteiger partial charge in [-0.25, -0.2) is 0 Å². The van der Waals surface area contributed by atoms with Crippen LogP contribution in [0.4, 0.5) is 5.69 Å². The van der Waals surface area contributed by atoms with E-state index in [9.17, 15) is 0 Å². The second-order valence-corrected chi connectivity index (χ2v) is 9.83. The number of rotatable bonds is 13. The van der Waals surface area contributed by atoms with Crippen LogP contribution in [0.3, 0.4) is 0 Å². The van der Waals surface area contributed by atoms with Crippen molar-refractivity contribution in [2.24, 2.45) is 10.9 Å². The summed E-state index contributed by atoms with van der Waals surface area (Å²) in [7, 11) is 0. The first-order valence-electron chi connectivity index (χ1n) is 13.7. The maximum absolute atomic E-state index is 8.94. The molecule has 0 saturated heterocycles. The molecule has 0 bridgehead atoms. The van der Waals surface area contributed by atoms with E-state index in [-0.39, 0.29) is 0 Å². The molecule has 1 atom stereocenters. The topological polar surface area (TPSA) is 54.6 Å². The molecular formula is C35H36N2O2. The molecule has 198 valence electrons. The van der Waals surface area contributed by atoms with E-state index in [1.54, 1.807) is 0 Å². The van der Waals surface area contributed by atoms with Crippen LogP contribution in [0.25, 0.3) is 11.1 Å². The van der Waals surface area contributed by atoms with Crippen LogP contribution in [0.15, 0.2) is 102 Å². The fourth-order valence-electron chi connectivity index (χ4n) is 4.13. The Kier molecular flexibility index (Phi) is 10.3. The number of hydrogen-bond acceptors (Lipinski definition) is 4. The molecule has 0 aliphatic heterocycles. The van der Waals surface area contributed by atoms with Crippen molar-refractivity contribution >= 4 is 11.9 Å². The van der Waals surface area contributed by atoms with Crippen molar-refractivity contribution in [3.05, 3.63) is 114 Å². The molecule has 4 heteroatoms. The Bertz CT molecular complexity index is 1350. The predicted molar refractivity (Wildman–Crippen MR) is 160 cm³/mol. The van der Waals surface area contributed by atoms with Gasteiger partial charge in [-0.1, -0.05) is 56.7 Å². The molecular weight excluding hydrogens is 480 g/mol. The summed E-state index contributed by atoms with van der Waals surface area (Å²) in [5.41, 5.74) is 6.23. The molecule has 0 amide bonds. The van der Waals surface area contributed by atoms with Crippen molar-refractivity contribution in [2.75, 3.05) is 13.2 Å². The summed E-state index contributed by atoms with van der Waals surface area (Å²) in [6, 6.07) is 34.3. The minimum Gasteiger partial charge on any atom is -0.494 e. The van der Waals surface area contributed by atoms with Crippen molar-refractivity contribution in [1.29, 1.82) is 5.26 Å². The van der Waals surface area contributed by atoms with Crippen molar-refractivity contribution in [2.45, 2.75) is 39.5 Å². The molecule has 0 spiro atoms. The van der Waals surface area contributed by atoms with Crippen molar-refractivity contribution < 1.29 is 9.47 Å². The highest BCUT2D eigenvalue weighted by molar-refractivity contribution is 5.82. The Balaban J connectivity index is 1.13. The summed E-state index contributed by atoms with van der Waals surface area (Å²) in [5.74, 6) is 2.42. The van der Waals surface area contributed by atoms with Gasteiger partial charge in [-0.05, 0) is 108 Å². The zero-order valence-electron chi connectivity index (χ0n) is 22.8. The summed E-state index contributed by atoms with van der Waals surface area (Å²) >= 11 is 0. The third-order valence-electron chi connectivity index (χ3n) is 6.74. The molecule has 0 unspecified atom stereocenters. The van der Waals surface area contributed by atoms with Crippen LogP contribution in [0, 0.1) is 17.2 Å². The van der Waals surface area contributed by atoms with Gasteiger partial charge in [0.25, 0.3) is 0 Å². The molecule has 39 heavy (non-hydrogen) atoms. The number of aliphatic imine (C=N–C) groups is 1. The summed E-state index contributed by atoms with van der Waals surface area (Å²) in [6.45, 7) is 5.82. The van der Waals surface area contributed by atoms with E-state index >= 15 is 0 Å². The average Bonchev–Trinajstić information content (AvgIpc) is 2.99. The standard InChI is InChI=1S/C35H36N2O2/c1-3-27(2)24-28-8-16-33(17-9-28)37-26-30-10-18-34(19-11-30)38-22-4-5-23-39-35-20-14-32(15-21-35)31-12-6-29(25-36)7-13-31/h6-21,26-27H,3-5,22-24H2,1-2H3/b37-26+/t27-/m1/s1. The molecule has 0 fully saturated rings. The lowest BCUT2D eigenvalue weighted by Crippen LogP contribution is -2.02. The molecule has 4 aromatic carbocycles. The Morgan fingerprint density at radius 3 is 1.82 bits per heavy atom. The van der Waals surface area contributed by atoms with E-state index in [0.717, 1.165) is 53.1 Å². The molecule has 0 aliphatic carbocycles. The van der Waals surface area contributed by atoms with Gasteiger partial charge in [0.15, 0.2) is 0 Å². The molecule has 0 aromatic heterocycles. The van der Waals surface area contributed by atoms with Gasteiger partial charge in [0, 0.05) is 6.21 Å². The maximum Gasteiger partial charge on any atom is 0.119 e. The smallest absolute Gasteiger partial charge is 0.119 e. The van der Waals surface area contributed by atoms with Crippen LogP contribution in [0.2, 0.25) is 0 Å². The first-order chi connectivity index (χ1) is 19.1. The van der Waals surface area contributed by atoms with E-state index < -0.39 is 0 Å². The second-order valence-electron chi connectivity index (χ2n) is 9.83. The highest BCUT2D eigenvalue weighted by Crippen LogP contribution is 2.23. The normalized spacial score (nSPS) is 11.7. The quantitative estimate of drug-likeness (QED) is 0.132. The van der Waals surface area contributed by atoms with Crippen molar-refractivity contribution in [3.8, 4) is 28.7 Å². The highest BCUT2D eigenvalue weighted by atomic mass is 16.5. The Morgan fingerprint density at radius 2 is 1.28 bits per heavy atom. The minimum atomic E-state index is 0.646. The van der Waals surface area contributed by atoms with E-state index in [4.69, 9.17) is 14.7 Å². The number of nitriles is 1. The van der Waals surface area contributed by atoms with Gasteiger partial charge in [0.1, 0.15) is 11.5 Å². The van der Waals surface area contributed by atoms with E-state index in [1.165, 1.54) is 12.0 Å². The van der Waals surface area contributed by atoms with Gasteiger partial charge in [0.05, 0.1) is 30.5 Å². The molecule has 4 aromatic rings. The van der Waals surface area contributed by atoms with E-state index in [1.807, 2.05) is 79.0 Å². The number of ether oxygens (including phenoxy) is 2. The number of unbranched alkanes of at least 4 members (excludes halogenated alkanes) is 1. The number of hydrogen-bond donors (Lipinski definition) is 0. The first kappa shape index (κ1) is 27.7. The summed E-state index contributed by atoms with van der Waals surface area (Å²) < 4.78 is 11.8. The lowest BCUT2D eigenvalue weighted by atomic mass is 9.99. The average molecular weight is 517 g/mol. The summed E-state index contributed by atoms with van der Waals surface area (Å²) in [6.07, 6.45) is 6.04. The Labute approximate surface area is 232 Å². The molecule has 4 rings (SSSR count). The van der Waals surface area contributed by atoms with Crippen LogP contribution in [0.1, 0.15) is 49.8 Å². The van der Waals surface area contributed by atoms with Gasteiger partial charge in [-0.3, -0.25) is 4.99 Å². The predicted octanol–water partition coefficient (Wildman–Crippen LogP) is 8.80. The Hall–Kier alpha value is -4.36. The largest absolute Gasteiger partial charge is 0.494 e.